The number of fused-ring (bicyclic) bond motifs is 3. The number of piperidine rings is 1. The lowest BCUT2D eigenvalue weighted by Gasteiger charge is -2.47. The van der Waals surface area contributed by atoms with Crippen LogP contribution in [0.2, 0.25) is 0 Å². The maximum atomic E-state index is 12.6. The molecule has 0 aromatic heterocycles. The van der Waals surface area contributed by atoms with Crippen molar-refractivity contribution < 1.29 is 14.3 Å². The normalized spacial score (nSPS) is 26.2. The Labute approximate surface area is 166 Å². The first kappa shape index (κ1) is 17.9. The molecule has 6 rings (SSSR count). The van der Waals surface area contributed by atoms with Crippen LogP contribution in [0, 0.1) is 5.92 Å². The molecule has 3 saturated heterocycles. The van der Waals surface area contributed by atoms with Gasteiger partial charge in [0, 0.05) is 24.6 Å². The number of carbonyl (C=O) groups excluding carboxylic acids is 1. The number of carbonyl (C=O) groups is 1. The quantitative estimate of drug-likeness (QED) is 0.744. The minimum Gasteiger partial charge on any atom is -0.493 e. The Bertz CT molecular complexity index is 817. The van der Waals surface area contributed by atoms with E-state index in [9.17, 15) is 4.79 Å². The third kappa shape index (κ3) is 3.71. The van der Waals surface area contributed by atoms with Crippen molar-refractivity contribution in [2.75, 3.05) is 19.8 Å². The summed E-state index contributed by atoms with van der Waals surface area (Å²) in [5.41, 5.74) is 2.80. The summed E-state index contributed by atoms with van der Waals surface area (Å²) in [6.07, 6.45) is 5.20. The highest BCUT2D eigenvalue weighted by atomic mass is 16.5. The predicted octanol–water partition coefficient (Wildman–Crippen LogP) is 3.88. The molecule has 0 amide bonds. The van der Waals surface area contributed by atoms with Gasteiger partial charge in [0.25, 0.3) is 0 Å². The maximum Gasteiger partial charge on any atom is 0.167 e. The summed E-state index contributed by atoms with van der Waals surface area (Å²) in [7, 11) is 0. The Kier molecular flexibility index (Phi) is 4.69. The van der Waals surface area contributed by atoms with Crippen molar-refractivity contribution in [3.05, 3.63) is 65.2 Å². The molecule has 2 aromatic rings. The van der Waals surface area contributed by atoms with Crippen molar-refractivity contribution in [3.63, 3.8) is 0 Å². The van der Waals surface area contributed by atoms with E-state index in [1.807, 2.05) is 24.3 Å². The van der Waals surface area contributed by atoms with Crippen molar-refractivity contribution in [3.8, 4) is 5.75 Å². The number of morpholine rings is 1. The summed E-state index contributed by atoms with van der Waals surface area (Å²) in [6, 6.07) is 16.5. The lowest BCUT2D eigenvalue weighted by molar-refractivity contribution is -0.129. The van der Waals surface area contributed by atoms with Crippen LogP contribution in [0.15, 0.2) is 48.5 Å². The number of nitrogens with one attached hydrogen (secondary N) is 1. The van der Waals surface area contributed by atoms with E-state index in [0.717, 1.165) is 49.0 Å². The molecule has 146 valence electrons. The number of Topliss-reactive ketones (excluding diaryl/α,β-unsaturated/α-hetero) is 1. The molecule has 0 spiro atoms. The van der Waals surface area contributed by atoms with Crippen LogP contribution in [0.4, 0.5) is 0 Å². The topological polar surface area (TPSA) is 47.6 Å². The second-order valence-electron chi connectivity index (χ2n) is 8.50. The van der Waals surface area contributed by atoms with E-state index in [2.05, 4.69) is 29.6 Å². The van der Waals surface area contributed by atoms with E-state index < -0.39 is 0 Å². The van der Waals surface area contributed by atoms with Gasteiger partial charge in [0.1, 0.15) is 11.4 Å². The Morgan fingerprint density at radius 1 is 1.07 bits per heavy atom. The molecule has 28 heavy (non-hydrogen) atoms. The SMILES string of the molecule is O=C(Cc1ccc(C23CCC(CO2)NC3)cc1)c1ccc(OCC2CC2)cc1. The van der Waals surface area contributed by atoms with Gasteiger partial charge in [-0.05, 0) is 67.0 Å². The minimum atomic E-state index is -0.187. The van der Waals surface area contributed by atoms with E-state index in [4.69, 9.17) is 9.47 Å². The van der Waals surface area contributed by atoms with Crippen LogP contribution in [0.1, 0.15) is 47.2 Å². The van der Waals surface area contributed by atoms with Gasteiger partial charge in [0.2, 0.25) is 0 Å². The average molecular weight is 377 g/mol. The Morgan fingerprint density at radius 2 is 1.86 bits per heavy atom. The van der Waals surface area contributed by atoms with Crippen LogP contribution in [-0.2, 0) is 16.8 Å². The Balaban J connectivity index is 1.21. The number of rotatable bonds is 7. The zero-order chi connectivity index (χ0) is 19.0. The minimum absolute atomic E-state index is 0.135. The maximum absolute atomic E-state index is 12.6. The summed E-state index contributed by atoms with van der Waals surface area (Å²) >= 11 is 0. The molecule has 2 atom stereocenters. The second kappa shape index (κ2) is 7.34. The van der Waals surface area contributed by atoms with E-state index in [1.165, 1.54) is 24.8 Å². The zero-order valence-corrected chi connectivity index (χ0v) is 16.2. The highest BCUT2D eigenvalue weighted by Gasteiger charge is 2.42. The average Bonchev–Trinajstić information content (AvgIpc) is 3.59. The molecule has 3 aliphatic heterocycles. The van der Waals surface area contributed by atoms with Gasteiger partial charge in [-0.3, -0.25) is 4.79 Å². The molecule has 2 unspecified atom stereocenters. The van der Waals surface area contributed by atoms with E-state index in [1.54, 1.807) is 0 Å². The molecule has 4 nitrogen and oxygen atoms in total. The van der Waals surface area contributed by atoms with Gasteiger partial charge in [-0.2, -0.15) is 0 Å². The molecule has 2 aromatic carbocycles. The molecule has 1 N–H and O–H groups in total. The second-order valence-corrected chi connectivity index (χ2v) is 8.50. The van der Waals surface area contributed by atoms with Crippen LogP contribution in [0.5, 0.6) is 5.75 Å². The molecule has 0 radical (unpaired) electrons. The molecule has 4 fully saturated rings. The smallest absolute Gasteiger partial charge is 0.167 e. The van der Waals surface area contributed by atoms with Gasteiger partial charge in [-0.15, -0.1) is 0 Å². The monoisotopic (exact) mass is 377 g/mol. The number of hydrogen-bond donors (Lipinski definition) is 1. The van der Waals surface area contributed by atoms with Crippen molar-refractivity contribution in [2.45, 2.75) is 43.7 Å². The number of benzene rings is 2. The predicted molar refractivity (Wildman–Crippen MR) is 108 cm³/mol. The number of ether oxygens (including phenoxy) is 2. The van der Waals surface area contributed by atoms with Gasteiger partial charge in [0.15, 0.2) is 5.78 Å². The third-order valence-electron chi connectivity index (χ3n) is 6.34. The van der Waals surface area contributed by atoms with Crippen LogP contribution in [0.25, 0.3) is 0 Å². The van der Waals surface area contributed by atoms with Gasteiger partial charge in [-0.1, -0.05) is 24.3 Å². The van der Waals surface area contributed by atoms with Crippen molar-refractivity contribution >= 4 is 5.78 Å². The Hall–Kier alpha value is -2.17. The van der Waals surface area contributed by atoms with E-state index >= 15 is 0 Å². The molecule has 4 heteroatoms. The molecular formula is C24H27NO3. The third-order valence-corrected chi connectivity index (χ3v) is 6.34. The van der Waals surface area contributed by atoms with E-state index in [-0.39, 0.29) is 11.4 Å². The molecule has 3 heterocycles. The molecule has 4 aliphatic rings. The largest absolute Gasteiger partial charge is 0.493 e. The zero-order valence-electron chi connectivity index (χ0n) is 16.2. The number of hydrogen-bond acceptors (Lipinski definition) is 4. The van der Waals surface area contributed by atoms with E-state index in [0.29, 0.717) is 12.5 Å². The number of ketones is 1. The fourth-order valence-corrected chi connectivity index (χ4v) is 4.21. The fraction of sp³-hybridized carbons (Fsp3) is 0.458. The van der Waals surface area contributed by atoms with Crippen LogP contribution >= 0.6 is 0 Å². The highest BCUT2D eigenvalue weighted by Crippen LogP contribution is 2.38. The molecular weight excluding hydrogens is 350 g/mol. The Morgan fingerprint density at radius 3 is 2.46 bits per heavy atom. The summed E-state index contributed by atoms with van der Waals surface area (Å²) < 4.78 is 11.9. The first-order valence-corrected chi connectivity index (χ1v) is 10.4. The van der Waals surface area contributed by atoms with Crippen molar-refractivity contribution in [2.24, 2.45) is 5.92 Å². The van der Waals surface area contributed by atoms with Crippen molar-refractivity contribution in [1.82, 2.24) is 5.32 Å². The molecule has 1 aliphatic carbocycles. The first-order valence-electron chi connectivity index (χ1n) is 10.4. The van der Waals surface area contributed by atoms with Crippen LogP contribution in [-0.4, -0.2) is 31.6 Å². The summed E-state index contributed by atoms with van der Waals surface area (Å²) in [5.74, 6) is 1.72. The van der Waals surface area contributed by atoms with Gasteiger partial charge in [0.05, 0.1) is 13.2 Å². The lowest BCUT2D eigenvalue weighted by atomic mass is 9.81. The summed E-state index contributed by atoms with van der Waals surface area (Å²) in [6.45, 7) is 2.47. The van der Waals surface area contributed by atoms with Crippen LogP contribution in [0.3, 0.4) is 0 Å². The fourth-order valence-electron chi connectivity index (χ4n) is 4.21. The molecule has 1 saturated carbocycles. The van der Waals surface area contributed by atoms with Crippen LogP contribution < -0.4 is 10.1 Å². The van der Waals surface area contributed by atoms with Gasteiger partial charge >= 0.3 is 0 Å². The lowest BCUT2D eigenvalue weighted by Crippen LogP contribution is -2.57. The van der Waals surface area contributed by atoms with Gasteiger partial charge < -0.3 is 14.8 Å². The standard InChI is InChI=1S/C24H27NO3/c26-23(19-5-9-22(10-6-19)27-14-18-1-2-18)13-17-3-7-20(8-4-17)24-12-11-21(15-28-24)25-16-24/h3-10,18,21,25H,1-2,11-16H2. The molecule has 2 bridgehead atoms. The van der Waals surface area contributed by atoms with Crippen molar-refractivity contribution in [1.29, 1.82) is 0 Å². The summed E-state index contributed by atoms with van der Waals surface area (Å²) in [4.78, 5) is 12.6. The summed E-state index contributed by atoms with van der Waals surface area (Å²) in [5, 5.41) is 3.56. The van der Waals surface area contributed by atoms with Gasteiger partial charge in [-0.25, -0.2) is 0 Å². The first-order chi connectivity index (χ1) is 13.7. The highest BCUT2D eigenvalue weighted by molar-refractivity contribution is 5.97.